The number of carbonyl (C=O) groups excluding carboxylic acids is 2. The lowest BCUT2D eigenvalue weighted by atomic mass is 10.3. The van der Waals surface area contributed by atoms with Crippen LogP contribution in [0.25, 0.3) is 0 Å². The number of anilines is 1. The molecule has 0 bridgehead atoms. The van der Waals surface area contributed by atoms with Gasteiger partial charge in [0.25, 0.3) is 0 Å². The second-order valence-electron chi connectivity index (χ2n) is 6.24. The van der Waals surface area contributed by atoms with Gasteiger partial charge in [0.1, 0.15) is 0 Å². The second kappa shape index (κ2) is 10.0. The van der Waals surface area contributed by atoms with Gasteiger partial charge in [0.2, 0.25) is 21.8 Å². The van der Waals surface area contributed by atoms with E-state index in [0.29, 0.717) is 16.6 Å². The number of amides is 2. The Morgan fingerprint density at radius 2 is 1.86 bits per heavy atom. The van der Waals surface area contributed by atoms with Crippen LogP contribution in [0, 0.1) is 0 Å². The SMILES string of the molecule is C=CCN(Cc1ccc(Cl)s1)C(=O)CN(C)S(=O)(=O)c1ccc(NC(C)=O)cc1. The van der Waals surface area contributed by atoms with E-state index in [0.717, 1.165) is 9.18 Å². The first-order valence-electron chi connectivity index (χ1n) is 8.60. The lowest BCUT2D eigenvalue weighted by molar-refractivity contribution is -0.131. The predicted octanol–water partition coefficient (Wildman–Crippen LogP) is 3.20. The third-order valence-electron chi connectivity index (χ3n) is 3.92. The van der Waals surface area contributed by atoms with Gasteiger partial charge in [0, 0.05) is 31.1 Å². The number of rotatable bonds is 9. The van der Waals surface area contributed by atoms with Crippen molar-refractivity contribution < 1.29 is 18.0 Å². The zero-order valence-corrected chi connectivity index (χ0v) is 18.5. The van der Waals surface area contributed by atoms with Gasteiger partial charge in [-0.2, -0.15) is 4.31 Å². The van der Waals surface area contributed by atoms with Crippen molar-refractivity contribution in [2.45, 2.75) is 18.4 Å². The number of thiophene rings is 1. The lowest BCUT2D eigenvalue weighted by Gasteiger charge is -2.24. The number of halogens is 1. The van der Waals surface area contributed by atoms with Crippen LogP contribution < -0.4 is 5.32 Å². The average molecular weight is 456 g/mol. The molecular weight excluding hydrogens is 434 g/mol. The van der Waals surface area contributed by atoms with Gasteiger partial charge in [-0.05, 0) is 36.4 Å². The van der Waals surface area contributed by atoms with Crippen molar-refractivity contribution in [1.82, 2.24) is 9.21 Å². The van der Waals surface area contributed by atoms with Crippen LogP contribution in [0.1, 0.15) is 11.8 Å². The van der Waals surface area contributed by atoms with Crippen LogP contribution in [0.15, 0.2) is 53.9 Å². The Labute approximate surface area is 179 Å². The Kier molecular flexibility index (Phi) is 7.97. The summed E-state index contributed by atoms with van der Waals surface area (Å²) in [5.74, 6) is -0.604. The maximum atomic E-state index is 12.8. The summed E-state index contributed by atoms with van der Waals surface area (Å²) in [4.78, 5) is 26.2. The Bertz CT molecular complexity index is 987. The molecule has 0 unspecified atom stereocenters. The Morgan fingerprint density at radius 3 is 2.38 bits per heavy atom. The molecule has 1 N–H and O–H groups in total. The molecule has 0 aliphatic rings. The van der Waals surface area contributed by atoms with Gasteiger partial charge < -0.3 is 10.2 Å². The normalized spacial score (nSPS) is 11.3. The van der Waals surface area contributed by atoms with Gasteiger partial charge in [-0.3, -0.25) is 9.59 Å². The minimum absolute atomic E-state index is 0.0298. The van der Waals surface area contributed by atoms with E-state index in [1.54, 1.807) is 12.1 Å². The van der Waals surface area contributed by atoms with Crippen molar-refractivity contribution in [2.75, 3.05) is 25.5 Å². The second-order valence-corrected chi connectivity index (χ2v) is 10.1. The number of nitrogens with zero attached hydrogens (tertiary/aromatic N) is 2. The molecule has 2 aromatic rings. The van der Waals surface area contributed by atoms with Crippen LogP contribution in [0.5, 0.6) is 0 Å². The predicted molar refractivity (Wildman–Crippen MR) is 116 cm³/mol. The first-order valence-corrected chi connectivity index (χ1v) is 11.2. The summed E-state index contributed by atoms with van der Waals surface area (Å²) >= 11 is 7.30. The summed E-state index contributed by atoms with van der Waals surface area (Å²) in [6.45, 7) is 5.31. The monoisotopic (exact) mass is 455 g/mol. The maximum absolute atomic E-state index is 12.8. The largest absolute Gasteiger partial charge is 0.333 e. The van der Waals surface area contributed by atoms with Gasteiger partial charge in [-0.15, -0.1) is 17.9 Å². The first-order chi connectivity index (χ1) is 13.6. The van der Waals surface area contributed by atoms with Crippen LogP contribution in [0.4, 0.5) is 5.69 Å². The van der Waals surface area contributed by atoms with E-state index in [9.17, 15) is 18.0 Å². The number of benzene rings is 1. The fraction of sp³-hybridized carbons (Fsp3) is 0.263. The standard InChI is InChI=1S/C19H22ClN3O4S2/c1-4-11-23(12-16-7-10-18(20)28-16)19(25)13-22(3)29(26,27)17-8-5-15(6-9-17)21-14(2)24/h4-10H,1,11-13H2,2-3H3,(H,21,24). The van der Waals surface area contributed by atoms with Crippen LogP contribution in [-0.4, -0.2) is 49.6 Å². The highest BCUT2D eigenvalue weighted by Gasteiger charge is 2.25. The zero-order chi connectivity index (χ0) is 21.6. The Morgan fingerprint density at radius 1 is 1.21 bits per heavy atom. The quantitative estimate of drug-likeness (QED) is 0.588. The molecule has 0 aliphatic carbocycles. The average Bonchev–Trinajstić information content (AvgIpc) is 3.06. The molecule has 0 aliphatic heterocycles. The lowest BCUT2D eigenvalue weighted by Crippen LogP contribution is -2.40. The highest BCUT2D eigenvalue weighted by Crippen LogP contribution is 2.23. The molecule has 0 saturated heterocycles. The van der Waals surface area contributed by atoms with E-state index >= 15 is 0 Å². The summed E-state index contributed by atoms with van der Waals surface area (Å²) in [6.07, 6.45) is 1.59. The number of hydrogen-bond acceptors (Lipinski definition) is 5. The molecule has 1 heterocycles. The fourth-order valence-corrected chi connectivity index (χ4v) is 4.73. The number of carbonyl (C=O) groups is 2. The van der Waals surface area contributed by atoms with Crippen molar-refractivity contribution >= 4 is 50.5 Å². The fourth-order valence-electron chi connectivity index (χ4n) is 2.50. The van der Waals surface area contributed by atoms with Gasteiger partial charge in [-0.25, -0.2) is 8.42 Å². The Balaban J connectivity index is 2.10. The molecule has 2 rings (SSSR count). The van der Waals surface area contributed by atoms with E-state index in [2.05, 4.69) is 11.9 Å². The molecule has 156 valence electrons. The molecule has 10 heteroatoms. The van der Waals surface area contributed by atoms with E-state index < -0.39 is 10.0 Å². The third kappa shape index (κ3) is 6.40. The molecule has 0 saturated carbocycles. The molecule has 1 aromatic heterocycles. The summed E-state index contributed by atoms with van der Waals surface area (Å²) < 4.78 is 27.2. The molecule has 2 amide bonds. The number of hydrogen-bond donors (Lipinski definition) is 1. The molecule has 7 nitrogen and oxygen atoms in total. The van der Waals surface area contributed by atoms with Crippen molar-refractivity contribution in [3.05, 3.63) is 58.3 Å². The van der Waals surface area contributed by atoms with Crippen LogP contribution in [0.2, 0.25) is 4.34 Å². The summed E-state index contributed by atoms with van der Waals surface area (Å²) in [6, 6.07) is 9.34. The molecule has 0 spiro atoms. The zero-order valence-electron chi connectivity index (χ0n) is 16.1. The van der Waals surface area contributed by atoms with E-state index in [1.807, 2.05) is 6.07 Å². The van der Waals surface area contributed by atoms with Crippen molar-refractivity contribution in [1.29, 1.82) is 0 Å². The van der Waals surface area contributed by atoms with Crippen LogP contribution in [0.3, 0.4) is 0 Å². The maximum Gasteiger partial charge on any atom is 0.243 e. The van der Waals surface area contributed by atoms with Crippen LogP contribution >= 0.6 is 22.9 Å². The topological polar surface area (TPSA) is 86.8 Å². The minimum atomic E-state index is -3.87. The molecule has 0 fully saturated rings. The van der Waals surface area contributed by atoms with Crippen molar-refractivity contribution in [3.8, 4) is 0 Å². The minimum Gasteiger partial charge on any atom is -0.333 e. The summed E-state index contributed by atoms with van der Waals surface area (Å²) in [5.41, 5.74) is 0.488. The van der Waals surface area contributed by atoms with E-state index in [1.165, 1.54) is 54.5 Å². The number of sulfonamides is 1. The molecule has 29 heavy (non-hydrogen) atoms. The Hall–Kier alpha value is -2.20. The molecule has 0 radical (unpaired) electrons. The smallest absolute Gasteiger partial charge is 0.243 e. The first kappa shape index (κ1) is 23.1. The summed E-state index contributed by atoms with van der Waals surface area (Å²) in [5, 5.41) is 2.57. The molecule has 1 aromatic carbocycles. The molecular formula is C19H22ClN3O4S2. The molecule has 0 atom stereocenters. The third-order valence-corrected chi connectivity index (χ3v) is 6.95. The van der Waals surface area contributed by atoms with Crippen molar-refractivity contribution in [3.63, 3.8) is 0 Å². The van der Waals surface area contributed by atoms with E-state index in [4.69, 9.17) is 11.6 Å². The highest BCUT2D eigenvalue weighted by molar-refractivity contribution is 7.89. The number of likely N-dealkylation sites (N-methyl/N-ethyl adjacent to an activating group) is 1. The van der Waals surface area contributed by atoms with Gasteiger partial charge in [0.05, 0.1) is 22.3 Å². The van der Waals surface area contributed by atoms with E-state index in [-0.39, 0.29) is 29.8 Å². The van der Waals surface area contributed by atoms with Gasteiger partial charge >= 0.3 is 0 Å². The number of nitrogens with one attached hydrogen (secondary N) is 1. The van der Waals surface area contributed by atoms with Gasteiger partial charge in [-0.1, -0.05) is 17.7 Å². The van der Waals surface area contributed by atoms with Crippen molar-refractivity contribution in [2.24, 2.45) is 0 Å². The summed E-state index contributed by atoms with van der Waals surface area (Å²) in [7, 11) is -2.52. The van der Waals surface area contributed by atoms with Gasteiger partial charge in [0.15, 0.2) is 0 Å². The van der Waals surface area contributed by atoms with Crippen LogP contribution in [-0.2, 0) is 26.2 Å². The highest BCUT2D eigenvalue weighted by atomic mass is 35.5.